The van der Waals surface area contributed by atoms with Crippen LogP contribution in [0.15, 0.2) is 42.5 Å². The standard InChI is InChI=1S/C26H28F4N2O2/c1-15(2)17-5-3-6-18(13-17)25(34)32-12-4-7-22(32)24(33)31-23(16-8-9-16)20-11-10-19(14-21(20)27)26(28,29)30/h3,5-6,10-11,13-16,22-23H,4,7-9,12H2,1-2H3,(H,31,33)/t22-,23?/m1/s1. The first-order valence-corrected chi connectivity index (χ1v) is 11.6. The fourth-order valence-corrected chi connectivity index (χ4v) is 4.56. The first-order valence-electron chi connectivity index (χ1n) is 11.6. The van der Waals surface area contributed by atoms with Crippen molar-refractivity contribution in [3.8, 4) is 0 Å². The molecule has 0 aromatic heterocycles. The molecule has 0 radical (unpaired) electrons. The van der Waals surface area contributed by atoms with E-state index < -0.39 is 35.5 Å². The van der Waals surface area contributed by atoms with E-state index in [1.54, 1.807) is 11.0 Å². The minimum Gasteiger partial charge on any atom is -0.347 e. The lowest BCUT2D eigenvalue weighted by Gasteiger charge is -2.27. The molecule has 2 aromatic carbocycles. The van der Waals surface area contributed by atoms with Gasteiger partial charge in [0.1, 0.15) is 11.9 Å². The maximum absolute atomic E-state index is 14.7. The zero-order valence-corrected chi connectivity index (χ0v) is 19.2. The van der Waals surface area contributed by atoms with Gasteiger partial charge in [-0.1, -0.05) is 32.0 Å². The summed E-state index contributed by atoms with van der Waals surface area (Å²) < 4.78 is 53.5. The minimum absolute atomic E-state index is 0.0385. The van der Waals surface area contributed by atoms with Gasteiger partial charge in [0.15, 0.2) is 0 Å². The normalized spacial score (nSPS) is 19.4. The van der Waals surface area contributed by atoms with Crippen LogP contribution in [0.1, 0.15) is 78.5 Å². The van der Waals surface area contributed by atoms with Crippen molar-refractivity contribution in [1.82, 2.24) is 10.2 Å². The van der Waals surface area contributed by atoms with Gasteiger partial charge in [0.25, 0.3) is 5.91 Å². The van der Waals surface area contributed by atoms with Gasteiger partial charge in [-0.25, -0.2) is 4.39 Å². The Morgan fingerprint density at radius 1 is 1.06 bits per heavy atom. The van der Waals surface area contributed by atoms with E-state index in [9.17, 15) is 27.2 Å². The molecule has 1 aliphatic heterocycles. The van der Waals surface area contributed by atoms with Crippen LogP contribution in [0.25, 0.3) is 0 Å². The van der Waals surface area contributed by atoms with Crippen LogP contribution in [-0.4, -0.2) is 29.3 Å². The van der Waals surface area contributed by atoms with Crippen LogP contribution in [0, 0.1) is 11.7 Å². The summed E-state index contributed by atoms with van der Waals surface area (Å²) in [6, 6.07) is 8.34. The van der Waals surface area contributed by atoms with Gasteiger partial charge in [0.05, 0.1) is 11.6 Å². The van der Waals surface area contributed by atoms with Gasteiger partial charge in [-0.15, -0.1) is 0 Å². The van der Waals surface area contributed by atoms with E-state index in [1.807, 2.05) is 32.0 Å². The number of hydrogen-bond acceptors (Lipinski definition) is 2. The van der Waals surface area contributed by atoms with Crippen molar-refractivity contribution in [3.63, 3.8) is 0 Å². The monoisotopic (exact) mass is 476 g/mol. The highest BCUT2D eigenvalue weighted by Crippen LogP contribution is 2.43. The molecule has 4 nitrogen and oxygen atoms in total. The SMILES string of the molecule is CC(C)c1cccc(C(=O)N2CCC[C@@H]2C(=O)NC(c2ccc(C(F)(F)F)cc2F)C2CC2)c1. The molecule has 2 aromatic rings. The largest absolute Gasteiger partial charge is 0.416 e. The van der Waals surface area contributed by atoms with Crippen molar-refractivity contribution in [2.45, 2.75) is 63.7 Å². The lowest BCUT2D eigenvalue weighted by molar-refractivity contribution is -0.137. The lowest BCUT2D eigenvalue weighted by Crippen LogP contribution is -2.47. The molecule has 0 spiro atoms. The number of benzene rings is 2. The summed E-state index contributed by atoms with van der Waals surface area (Å²) in [7, 11) is 0. The van der Waals surface area contributed by atoms with Crippen LogP contribution in [0.4, 0.5) is 17.6 Å². The Hall–Kier alpha value is -2.90. The Morgan fingerprint density at radius 2 is 1.79 bits per heavy atom. The molecule has 1 N–H and O–H groups in total. The van der Waals surface area contributed by atoms with Gasteiger partial charge in [-0.05, 0) is 67.3 Å². The highest BCUT2D eigenvalue weighted by Gasteiger charge is 2.40. The number of likely N-dealkylation sites (tertiary alicyclic amines) is 1. The van der Waals surface area contributed by atoms with Crippen molar-refractivity contribution in [3.05, 3.63) is 70.5 Å². The second-order valence-electron chi connectivity index (χ2n) is 9.49. The number of amides is 2. The van der Waals surface area contributed by atoms with E-state index >= 15 is 0 Å². The first kappa shape index (κ1) is 24.2. The Labute approximate surface area is 196 Å². The van der Waals surface area contributed by atoms with Gasteiger partial charge in [-0.2, -0.15) is 13.2 Å². The van der Waals surface area contributed by atoms with E-state index in [1.165, 1.54) is 0 Å². The summed E-state index contributed by atoms with van der Waals surface area (Å²) in [5.74, 6) is -1.41. The summed E-state index contributed by atoms with van der Waals surface area (Å²) in [4.78, 5) is 28.0. The maximum Gasteiger partial charge on any atom is 0.416 e. The summed E-state index contributed by atoms with van der Waals surface area (Å²) in [6.07, 6.45) is -2.00. The van der Waals surface area contributed by atoms with Crippen molar-refractivity contribution >= 4 is 11.8 Å². The maximum atomic E-state index is 14.7. The van der Waals surface area contributed by atoms with Crippen molar-refractivity contribution in [2.75, 3.05) is 6.54 Å². The number of carbonyl (C=O) groups excluding carboxylic acids is 2. The highest BCUT2D eigenvalue weighted by molar-refractivity contribution is 5.98. The number of halogens is 4. The molecular formula is C26H28F4N2O2. The van der Waals surface area contributed by atoms with Crippen LogP contribution >= 0.6 is 0 Å². The molecular weight excluding hydrogens is 448 g/mol. The number of rotatable bonds is 6. The third-order valence-corrected chi connectivity index (χ3v) is 6.67. The predicted octanol–water partition coefficient (Wildman–Crippen LogP) is 5.84. The first-order chi connectivity index (χ1) is 16.1. The van der Waals surface area contributed by atoms with Crippen LogP contribution in [0.3, 0.4) is 0 Å². The zero-order chi connectivity index (χ0) is 24.6. The summed E-state index contributed by atoms with van der Waals surface area (Å²) in [6.45, 7) is 4.51. The average Bonchev–Trinajstić information content (AvgIpc) is 3.51. The molecule has 1 aliphatic carbocycles. The lowest BCUT2D eigenvalue weighted by atomic mass is 9.99. The fraction of sp³-hybridized carbons (Fsp3) is 0.462. The van der Waals surface area contributed by atoms with Gasteiger partial charge < -0.3 is 10.2 Å². The molecule has 2 fully saturated rings. The molecule has 4 rings (SSSR count). The number of carbonyl (C=O) groups is 2. The van der Waals surface area contributed by atoms with E-state index in [2.05, 4.69) is 5.32 Å². The van der Waals surface area contributed by atoms with Crippen molar-refractivity contribution in [1.29, 1.82) is 0 Å². The zero-order valence-electron chi connectivity index (χ0n) is 19.2. The number of hydrogen-bond donors (Lipinski definition) is 1. The molecule has 1 saturated heterocycles. The van der Waals surface area contributed by atoms with E-state index in [-0.39, 0.29) is 23.3 Å². The molecule has 2 atom stereocenters. The molecule has 2 aliphatic rings. The molecule has 0 bridgehead atoms. The van der Waals surface area contributed by atoms with Crippen molar-refractivity contribution < 1.29 is 27.2 Å². The molecule has 2 amide bonds. The van der Waals surface area contributed by atoms with Gasteiger partial charge in [0, 0.05) is 17.7 Å². The van der Waals surface area contributed by atoms with Crippen LogP contribution in [-0.2, 0) is 11.0 Å². The fourth-order valence-electron chi connectivity index (χ4n) is 4.56. The summed E-state index contributed by atoms with van der Waals surface area (Å²) >= 11 is 0. The number of nitrogens with one attached hydrogen (secondary N) is 1. The average molecular weight is 477 g/mol. The molecule has 182 valence electrons. The molecule has 1 unspecified atom stereocenters. The van der Waals surface area contributed by atoms with E-state index in [0.29, 0.717) is 31.0 Å². The molecule has 34 heavy (non-hydrogen) atoms. The Kier molecular flexibility index (Phi) is 6.69. The van der Waals surface area contributed by atoms with Gasteiger partial charge in [-0.3, -0.25) is 9.59 Å². The summed E-state index contributed by atoms with van der Waals surface area (Å²) in [5, 5.41) is 2.85. The molecule has 1 saturated carbocycles. The Bertz CT molecular complexity index is 1080. The Balaban J connectivity index is 1.52. The third kappa shape index (κ3) is 5.10. The topological polar surface area (TPSA) is 49.4 Å². The predicted molar refractivity (Wildman–Crippen MR) is 120 cm³/mol. The summed E-state index contributed by atoms with van der Waals surface area (Å²) in [5.41, 5.74) is 0.520. The molecule has 1 heterocycles. The molecule has 8 heteroatoms. The minimum atomic E-state index is -4.64. The smallest absolute Gasteiger partial charge is 0.347 e. The van der Waals surface area contributed by atoms with Gasteiger partial charge >= 0.3 is 6.18 Å². The number of nitrogens with zero attached hydrogens (tertiary/aromatic N) is 1. The van der Waals surface area contributed by atoms with Crippen LogP contribution in [0.2, 0.25) is 0 Å². The number of alkyl halides is 3. The highest BCUT2D eigenvalue weighted by atomic mass is 19.4. The Morgan fingerprint density at radius 3 is 2.41 bits per heavy atom. The van der Waals surface area contributed by atoms with Gasteiger partial charge in [0.2, 0.25) is 5.91 Å². The quantitative estimate of drug-likeness (QED) is 0.533. The van der Waals surface area contributed by atoms with Crippen molar-refractivity contribution in [2.24, 2.45) is 5.92 Å². The second kappa shape index (κ2) is 9.39. The second-order valence-corrected chi connectivity index (χ2v) is 9.49. The van der Waals surface area contributed by atoms with Crippen LogP contribution in [0.5, 0.6) is 0 Å². The van der Waals surface area contributed by atoms with E-state index in [4.69, 9.17) is 0 Å². The van der Waals surface area contributed by atoms with E-state index in [0.717, 1.165) is 30.5 Å². The van der Waals surface area contributed by atoms with Crippen LogP contribution < -0.4 is 5.32 Å². The third-order valence-electron chi connectivity index (χ3n) is 6.67.